The van der Waals surface area contributed by atoms with Crippen LogP contribution in [0.4, 0.5) is 5.69 Å². The minimum atomic E-state index is -0.354. The van der Waals surface area contributed by atoms with Crippen LogP contribution in [0.5, 0.6) is 0 Å². The third-order valence-corrected chi connectivity index (χ3v) is 5.16. The zero-order valence-corrected chi connectivity index (χ0v) is 16.1. The number of aryl methyl sites for hydroxylation is 1. The number of benzene rings is 1. The molecule has 7 nitrogen and oxygen atoms in total. The number of nitrogens with zero attached hydrogens (tertiary/aromatic N) is 4. The van der Waals surface area contributed by atoms with Crippen LogP contribution < -0.4 is 10.9 Å². The standard InChI is InChI=1S/C19H19N5O2S/c1-12-15(17(25)22-14-6-4-13(10-20)5-7-14)16-18(27-12)21-11-24(19(16)26)9-8-23(2)3/h4-7,11H,8-9H2,1-3H3,(H,22,25). The molecule has 0 atom stereocenters. The van der Waals surface area contributed by atoms with Gasteiger partial charge in [-0.2, -0.15) is 5.26 Å². The van der Waals surface area contributed by atoms with Gasteiger partial charge in [-0.15, -0.1) is 11.3 Å². The molecular weight excluding hydrogens is 362 g/mol. The Bertz CT molecular complexity index is 1090. The van der Waals surface area contributed by atoms with Crippen molar-refractivity contribution in [2.45, 2.75) is 13.5 Å². The summed E-state index contributed by atoms with van der Waals surface area (Å²) >= 11 is 1.33. The van der Waals surface area contributed by atoms with Gasteiger partial charge in [-0.25, -0.2) is 4.98 Å². The van der Waals surface area contributed by atoms with E-state index in [1.165, 1.54) is 22.2 Å². The molecule has 3 rings (SSSR count). The van der Waals surface area contributed by atoms with E-state index >= 15 is 0 Å². The molecule has 1 N–H and O–H groups in total. The maximum absolute atomic E-state index is 12.9. The maximum atomic E-state index is 12.9. The lowest BCUT2D eigenvalue weighted by Crippen LogP contribution is -2.27. The Labute approximate surface area is 160 Å². The number of amides is 1. The van der Waals surface area contributed by atoms with Gasteiger partial charge in [0.15, 0.2) is 0 Å². The van der Waals surface area contributed by atoms with Crippen molar-refractivity contribution in [1.82, 2.24) is 14.5 Å². The molecule has 0 aliphatic rings. The number of aromatic nitrogens is 2. The Balaban J connectivity index is 1.98. The number of nitriles is 1. The minimum absolute atomic E-state index is 0.212. The van der Waals surface area contributed by atoms with E-state index in [1.807, 2.05) is 32.0 Å². The number of thiophene rings is 1. The lowest BCUT2D eigenvalue weighted by molar-refractivity contribution is 0.102. The minimum Gasteiger partial charge on any atom is -0.322 e. The fourth-order valence-electron chi connectivity index (χ4n) is 2.70. The monoisotopic (exact) mass is 381 g/mol. The fourth-order valence-corrected chi connectivity index (χ4v) is 3.68. The van der Waals surface area contributed by atoms with Gasteiger partial charge in [0.05, 0.1) is 28.9 Å². The van der Waals surface area contributed by atoms with Gasteiger partial charge in [0, 0.05) is 23.7 Å². The molecule has 1 amide bonds. The van der Waals surface area contributed by atoms with Crippen LogP contribution in [0.1, 0.15) is 20.8 Å². The topological polar surface area (TPSA) is 91.0 Å². The predicted octanol–water partition coefficient (Wildman–Crippen LogP) is 2.45. The van der Waals surface area contributed by atoms with Gasteiger partial charge in [-0.05, 0) is 45.3 Å². The Morgan fingerprint density at radius 3 is 2.67 bits per heavy atom. The summed E-state index contributed by atoms with van der Waals surface area (Å²) in [4.78, 5) is 33.4. The van der Waals surface area contributed by atoms with Crippen LogP contribution in [0, 0.1) is 18.3 Å². The summed E-state index contributed by atoms with van der Waals surface area (Å²) in [6.07, 6.45) is 1.53. The molecule has 1 aromatic carbocycles. The van der Waals surface area contributed by atoms with Gasteiger partial charge in [0.2, 0.25) is 0 Å². The molecule has 0 bridgehead atoms. The van der Waals surface area contributed by atoms with E-state index in [9.17, 15) is 9.59 Å². The zero-order chi connectivity index (χ0) is 19.6. The van der Waals surface area contributed by atoms with Crippen molar-refractivity contribution in [3.05, 3.63) is 57.0 Å². The van der Waals surface area contributed by atoms with Crippen LogP contribution in [-0.2, 0) is 6.54 Å². The van der Waals surface area contributed by atoms with E-state index in [1.54, 1.807) is 24.3 Å². The summed E-state index contributed by atoms with van der Waals surface area (Å²) in [5.41, 5.74) is 1.22. The van der Waals surface area contributed by atoms with Crippen molar-refractivity contribution in [3.63, 3.8) is 0 Å². The first kappa shape index (κ1) is 18.8. The van der Waals surface area contributed by atoms with Crippen molar-refractivity contribution in [2.24, 2.45) is 0 Å². The highest BCUT2D eigenvalue weighted by Gasteiger charge is 2.21. The Kier molecular flexibility index (Phi) is 5.35. The fraction of sp³-hybridized carbons (Fsp3) is 0.263. The van der Waals surface area contributed by atoms with Crippen LogP contribution >= 0.6 is 11.3 Å². The average molecular weight is 381 g/mol. The van der Waals surface area contributed by atoms with Gasteiger partial charge in [-0.3, -0.25) is 14.2 Å². The number of anilines is 1. The molecule has 8 heteroatoms. The summed E-state index contributed by atoms with van der Waals surface area (Å²) in [6.45, 7) is 3.01. The first-order valence-corrected chi connectivity index (χ1v) is 9.17. The molecule has 3 aromatic rings. The molecule has 0 fully saturated rings. The average Bonchev–Trinajstić information content (AvgIpc) is 2.98. The summed E-state index contributed by atoms with van der Waals surface area (Å²) in [7, 11) is 3.87. The van der Waals surface area contributed by atoms with Crippen molar-refractivity contribution in [2.75, 3.05) is 26.0 Å². The van der Waals surface area contributed by atoms with Crippen LogP contribution in [0.15, 0.2) is 35.4 Å². The Morgan fingerprint density at radius 1 is 1.33 bits per heavy atom. The largest absolute Gasteiger partial charge is 0.322 e. The second-order valence-electron chi connectivity index (χ2n) is 6.40. The van der Waals surface area contributed by atoms with Crippen LogP contribution in [0.25, 0.3) is 10.2 Å². The van der Waals surface area contributed by atoms with Crippen molar-refractivity contribution in [1.29, 1.82) is 5.26 Å². The number of carbonyl (C=O) groups is 1. The Morgan fingerprint density at radius 2 is 2.04 bits per heavy atom. The third-order valence-electron chi connectivity index (χ3n) is 4.14. The molecule has 0 radical (unpaired) electrons. The van der Waals surface area contributed by atoms with E-state index in [4.69, 9.17) is 5.26 Å². The predicted molar refractivity (Wildman–Crippen MR) is 106 cm³/mol. The van der Waals surface area contributed by atoms with Crippen LogP contribution in [0.2, 0.25) is 0 Å². The molecule has 2 aromatic heterocycles. The second-order valence-corrected chi connectivity index (χ2v) is 7.61. The molecular formula is C19H19N5O2S. The van der Waals surface area contributed by atoms with Gasteiger partial charge < -0.3 is 10.2 Å². The normalized spacial score (nSPS) is 10.9. The molecule has 0 unspecified atom stereocenters. The second kappa shape index (κ2) is 7.70. The zero-order valence-electron chi connectivity index (χ0n) is 15.3. The molecule has 2 heterocycles. The van der Waals surface area contributed by atoms with Crippen molar-refractivity contribution < 1.29 is 4.79 Å². The van der Waals surface area contributed by atoms with E-state index < -0.39 is 0 Å². The molecule has 0 aliphatic heterocycles. The van der Waals surface area contributed by atoms with E-state index in [-0.39, 0.29) is 11.5 Å². The summed E-state index contributed by atoms with van der Waals surface area (Å²) in [6, 6.07) is 8.61. The van der Waals surface area contributed by atoms with Crippen LogP contribution in [0.3, 0.4) is 0 Å². The molecule has 0 saturated heterocycles. The lowest BCUT2D eigenvalue weighted by Gasteiger charge is -2.11. The van der Waals surface area contributed by atoms with Gasteiger partial charge in [0.25, 0.3) is 11.5 Å². The maximum Gasteiger partial charge on any atom is 0.262 e. The highest BCUT2D eigenvalue weighted by atomic mass is 32.1. The molecule has 27 heavy (non-hydrogen) atoms. The Hall–Kier alpha value is -3.02. The highest BCUT2D eigenvalue weighted by molar-refractivity contribution is 7.19. The summed E-state index contributed by atoms with van der Waals surface area (Å²) < 4.78 is 1.53. The summed E-state index contributed by atoms with van der Waals surface area (Å²) in [5.74, 6) is -0.354. The number of rotatable bonds is 5. The van der Waals surface area contributed by atoms with Crippen molar-refractivity contribution >= 4 is 33.1 Å². The van der Waals surface area contributed by atoms with E-state index in [2.05, 4.69) is 10.3 Å². The van der Waals surface area contributed by atoms with Gasteiger partial charge in [-0.1, -0.05) is 0 Å². The molecule has 138 valence electrons. The number of carbonyl (C=O) groups excluding carboxylic acids is 1. The quantitative estimate of drug-likeness (QED) is 0.733. The van der Waals surface area contributed by atoms with Crippen LogP contribution in [-0.4, -0.2) is 41.0 Å². The first-order chi connectivity index (χ1) is 12.9. The molecule has 0 saturated carbocycles. The smallest absolute Gasteiger partial charge is 0.262 e. The first-order valence-electron chi connectivity index (χ1n) is 8.35. The molecule has 0 spiro atoms. The number of nitrogens with one attached hydrogen (secondary N) is 1. The lowest BCUT2D eigenvalue weighted by atomic mass is 10.1. The number of likely N-dealkylation sites (N-methyl/N-ethyl adjacent to an activating group) is 1. The third kappa shape index (κ3) is 3.89. The number of hydrogen-bond donors (Lipinski definition) is 1. The summed E-state index contributed by atoms with van der Waals surface area (Å²) in [5, 5.41) is 12.0. The highest BCUT2D eigenvalue weighted by Crippen LogP contribution is 2.27. The van der Waals surface area contributed by atoms with Gasteiger partial charge >= 0.3 is 0 Å². The molecule has 0 aliphatic carbocycles. The van der Waals surface area contributed by atoms with Gasteiger partial charge in [0.1, 0.15) is 4.83 Å². The SMILES string of the molecule is Cc1sc2ncn(CCN(C)C)c(=O)c2c1C(=O)Nc1ccc(C#N)cc1. The van der Waals surface area contributed by atoms with E-state index in [0.29, 0.717) is 40.1 Å². The number of hydrogen-bond acceptors (Lipinski definition) is 6. The van der Waals surface area contributed by atoms with E-state index in [0.717, 1.165) is 4.88 Å². The van der Waals surface area contributed by atoms with Crippen molar-refractivity contribution in [3.8, 4) is 6.07 Å². The number of fused-ring (bicyclic) bond motifs is 1.